The lowest BCUT2D eigenvalue weighted by atomic mass is 10.0. The van der Waals surface area contributed by atoms with Crippen molar-refractivity contribution < 1.29 is 9.53 Å². The van der Waals surface area contributed by atoms with E-state index < -0.39 is 0 Å². The van der Waals surface area contributed by atoms with Gasteiger partial charge in [0.25, 0.3) is 0 Å². The maximum absolute atomic E-state index is 12.9. The molecule has 1 saturated carbocycles. The molecule has 0 radical (unpaired) electrons. The summed E-state index contributed by atoms with van der Waals surface area (Å²) in [6.45, 7) is 1.64. The summed E-state index contributed by atoms with van der Waals surface area (Å²) >= 11 is 1.96. The molecule has 1 amide bonds. The summed E-state index contributed by atoms with van der Waals surface area (Å²) in [6, 6.07) is 0.480. The van der Waals surface area contributed by atoms with E-state index in [0.717, 1.165) is 57.4 Å². The lowest BCUT2D eigenvalue weighted by Gasteiger charge is -2.33. The Morgan fingerprint density at radius 1 is 1.25 bits per heavy atom. The molecule has 1 aliphatic carbocycles. The number of thioether (sulfide) groups is 1. The number of hydrogen-bond acceptors (Lipinski definition) is 4. The Labute approximate surface area is 125 Å². The molecule has 2 aliphatic heterocycles. The summed E-state index contributed by atoms with van der Waals surface area (Å²) in [5, 5.41) is 0. The van der Waals surface area contributed by atoms with Crippen LogP contribution in [0.15, 0.2) is 0 Å². The minimum atomic E-state index is 0.0574. The van der Waals surface area contributed by atoms with Crippen LogP contribution in [0.25, 0.3) is 0 Å². The Morgan fingerprint density at radius 3 is 2.75 bits per heavy atom. The van der Waals surface area contributed by atoms with Crippen LogP contribution in [-0.4, -0.2) is 53.7 Å². The summed E-state index contributed by atoms with van der Waals surface area (Å²) in [5.74, 6) is 2.62. The van der Waals surface area contributed by atoms with Crippen molar-refractivity contribution in [2.24, 2.45) is 11.7 Å². The van der Waals surface area contributed by atoms with E-state index in [1.54, 1.807) is 0 Å². The second kappa shape index (κ2) is 6.67. The second-order valence-corrected chi connectivity index (χ2v) is 7.49. The number of hydrogen-bond donors (Lipinski definition) is 1. The quantitative estimate of drug-likeness (QED) is 0.857. The zero-order chi connectivity index (χ0) is 13.9. The molecule has 4 atom stereocenters. The molecule has 2 saturated heterocycles. The molecule has 0 aromatic carbocycles. The highest BCUT2D eigenvalue weighted by Gasteiger charge is 2.38. The third-order valence-electron chi connectivity index (χ3n) is 4.94. The highest BCUT2D eigenvalue weighted by atomic mass is 32.2. The molecule has 0 bridgehead atoms. The number of nitrogens with zero attached hydrogens (tertiary/aromatic N) is 1. The average Bonchev–Trinajstić information content (AvgIpc) is 3.17. The molecule has 20 heavy (non-hydrogen) atoms. The van der Waals surface area contributed by atoms with Crippen LogP contribution in [0.1, 0.15) is 38.5 Å². The van der Waals surface area contributed by atoms with Gasteiger partial charge in [-0.1, -0.05) is 6.42 Å². The van der Waals surface area contributed by atoms with Crippen LogP contribution in [-0.2, 0) is 9.53 Å². The fraction of sp³-hybridized carbons (Fsp3) is 0.933. The highest BCUT2D eigenvalue weighted by Crippen LogP contribution is 2.30. The summed E-state index contributed by atoms with van der Waals surface area (Å²) in [4.78, 5) is 15.0. The van der Waals surface area contributed by atoms with Gasteiger partial charge in [0.1, 0.15) is 0 Å². The third-order valence-corrected chi connectivity index (χ3v) is 6.09. The van der Waals surface area contributed by atoms with Gasteiger partial charge in [0, 0.05) is 31.0 Å². The SMILES string of the molecule is NC1CCCC1C(=O)N(CC1CCCO1)C1CCSC1. The van der Waals surface area contributed by atoms with Crippen molar-refractivity contribution in [3.8, 4) is 0 Å². The van der Waals surface area contributed by atoms with Crippen LogP contribution in [0.2, 0.25) is 0 Å². The minimum Gasteiger partial charge on any atom is -0.376 e. The average molecular weight is 298 g/mol. The number of rotatable bonds is 4. The van der Waals surface area contributed by atoms with Crippen molar-refractivity contribution in [1.29, 1.82) is 0 Å². The molecule has 0 aromatic rings. The zero-order valence-corrected chi connectivity index (χ0v) is 12.9. The largest absolute Gasteiger partial charge is 0.376 e. The topological polar surface area (TPSA) is 55.6 Å². The number of carbonyl (C=O) groups is 1. The lowest BCUT2D eigenvalue weighted by molar-refractivity contribution is -0.139. The van der Waals surface area contributed by atoms with E-state index in [1.807, 2.05) is 11.8 Å². The predicted octanol–water partition coefficient (Wildman–Crippen LogP) is 1.63. The monoisotopic (exact) mass is 298 g/mol. The van der Waals surface area contributed by atoms with Crippen LogP contribution in [0.4, 0.5) is 0 Å². The van der Waals surface area contributed by atoms with Gasteiger partial charge in [0.05, 0.1) is 12.0 Å². The van der Waals surface area contributed by atoms with Gasteiger partial charge in [-0.2, -0.15) is 11.8 Å². The van der Waals surface area contributed by atoms with E-state index in [-0.39, 0.29) is 18.1 Å². The van der Waals surface area contributed by atoms with Crippen molar-refractivity contribution in [2.75, 3.05) is 24.7 Å². The van der Waals surface area contributed by atoms with Gasteiger partial charge in [-0.05, 0) is 37.9 Å². The minimum absolute atomic E-state index is 0.0574. The molecule has 4 unspecified atom stereocenters. The van der Waals surface area contributed by atoms with E-state index >= 15 is 0 Å². The molecular formula is C15H26N2O2S. The molecule has 114 valence electrons. The van der Waals surface area contributed by atoms with E-state index in [9.17, 15) is 4.79 Å². The molecule has 3 fully saturated rings. The third kappa shape index (κ3) is 3.15. The first kappa shape index (κ1) is 14.7. The van der Waals surface area contributed by atoms with Crippen LogP contribution >= 0.6 is 11.8 Å². The predicted molar refractivity (Wildman–Crippen MR) is 81.7 cm³/mol. The van der Waals surface area contributed by atoms with E-state index in [1.165, 1.54) is 5.75 Å². The molecule has 3 aliphatic rings. The molecule has 0 aromatic heterocycles. The normalized spacial score (nSPS) is 37.5. The van der Waals surface area contributed by atoms with Gasteiger partial charge < -0.3 is 15.4 Å². The van der Waals surface area contributed by atoms with E-state index in [0.29, 0.717) is 11.9 Å². The van der Waals surface area contributed by atoms with E-state index in [2.05, 4.69) is 4.90 Å². The van der Waals surface area contributed by atoms with Gasteiger partial charge in [-0.25, -0.2) is 0 Å². The Morgan fingerprint density at radius 2 is 2.15 bits per heavy atom. The number of nitrogens with two attached hydrogens (primary N) is 1. The van der Waals surface area contributed by atoms with Crippen LogP contribution < -0.4 is 5.73 Å². The Hall–Kier alpha value is -0.260. The Balaban J connectivity index is 1.68. The summed E-state index contributed by atoms with van der Waals surface area (Å²) < 4.78 is 5.75. The Kier molecular flexibility index (Phi) is 4.89. The van der Waals surface area contributed by atoms with E-state index in [4.69, 9.17) is 10.5 Å². The maximum Gasteiger partial charge on any atom is 0.227 e. The van der Waals surface area contributed by atoms with Gasteiger partial charge in [0.15, 0.2) is 0 Å². The number of carbonyl (C=O) groups excluding carboxylic acids is 1. The smallest absolute Gasteiger partial charge is 0.227 e. The first-order chi connectivity index (χ1) is 9.75. The van der Waals surface area contributed by atoms with Gasteiger partial charge in [-0.15, -0.1) is 0 Å². The molecule has 0 spiro atoms. The van der Waals surface area contributed by atoms with Gasteiger partial charge in [0.2, 0.25) is 5.91 Å². The second-order valence-electron chi connectivity index (χ2n) is 6.34. The first-order valence-corrected chi connectivity index (χ1v) is 9.16. The molecular weight excluding hydrogens is 272 g/mol. The summed E-state index contributed by atoms with van der Waals surface area (Å²) in [6.07, 6.45) is 6.69. The van der Waals surface area contributed by atoms with Gasteiger partial charge in [-0.3, -0.25) is 4.79 Å². The summed E-state index contributed by atoms with van der Waals surface area (Å²) in [7, 11) is 0. The van der Waals surface area contributed by atoms with Crippen molar-refractivity contribution in [1.82, 2.24) is 4.90 Å². The molecule has 2 N–H and O–H groups in total. The first-order valence-electron chi connectivity index (χ1n) is 8.01. The van der Waals surface area contributed by atoms with Crippen LogP contribution in [0.3, 0.4) is 0 Å². The molecule has 3 rings (SSSR count). The van der Waals surface area contributed by atoms with Crippen molar-refractivity contribution in [3.63, 3.8) is 0 Å². The number of amides is 1. The van der Waals surface area contributed by atoms with Crippen molar-refractivity contribution in [3.05, 3.63) is 0 Å². The highest BCUT2D eigenvalue weighted by molar-refractivity contribution is 7.99. The summed E-state index contributed by atoms with van der Waals surface area (Å²) in [5.41, 5.74) is 6.14. The Bertz CT molecular complexity index is 341. The molecule has 4 nitrogen and oxygen atoms in total. The number of ether oxygens (including phenoxy) is 1. The van der Waals surface area contributed by atoms with Crippen LogP contribution in [0.5, 0.6) is 0 Å². The fourth-order valence-electron chi connectivity index (χ4n) is 3.70. The van der Waals surface area contributed by atoms with Crippen molar-refractivity contribution in [2.45, 2.75) is 56.7 Å². The zero-order valence-electron chi connectivity index (χ0n) is 12.1. The standard InChI is InChI=1S/C15H26N2O2S/c16-14-5-1-4-13(14)15(18)17(11-6-8-20-10-11)9-12-3-2-7-19-12/h11-14H,1-10,16H2. The molecule has 5 heteroatoms. The lowest BCUT2D eigenvalue weighted by Crippen LogP contribution is -2.49. The van der Waals surface area contributed by atoms with Crippen molar-refractivity contribution >= 4 is 17.7 Å². The maximum atomic E-state index is 12.9. The van der Waals surface area contributed by atoms with Crippen LogP contribution in [0, 0.1) is 5.92 Å². The molecule has 2 heterocycles. The fourth-order valence-corrected chi connectivity index (χ4v) is 4.93. The van der Waals surface area contributed by atoms with Gasteiger partial charge >= 0.3 is 0 Å².